The molecule has 1 atom stereocenters. The van der Waals surface area contributed by atoms with Crippen LogP contribution < -0.4 is 5.32 Å². The normalized spacial score (nSPS) is 12.5. The van der Waals surface area contributed by atoms with Crippen molar-refractivity contribution in [3.63, 3.8) is 0 Å². The van der Waals surface area contributed by atoms with Gasteiger partial charge >= 0.3 is 0 Å². The number of rotatable bonds is 6. The number of benzene rings is 1. The number of likely N-dealkylation sites (N-methyl/N-ethyl adjacent to an activating group) is 1. The van der Waals surface area contributed by atoms with Gasteiger partial charge in [0.1, 0.15) is 0 Å². The van der Waals surface area contributed by atoms with Gasteiger partial charge in [-0.25, -0.2) is 4.68 Å². The van der Waals surface area contributed by atoms with E-state index in [4.69, 9.17) is 4.52 Å². The highest BCUT2D eigenvalue weighted by atomic mass is 16.5. The lowest BCUT2D eigenvalue weighted by Crippen LogP contribution is -2.24. The van der Waals surface area contributed by atoms with E-state index in [9.17, 15) is 0 Å². The molecule has 0 bridgehead atoms. The van der Waals surface area contributed by atoms with Gasteiger partial charge in [-0.15, -0.1) is 5.10 Å². The third-order valence-electron chi connectivity index (χ3n) is 3.39. The third-order valence-corrected chi connectivity index (χ3v) is 3.39. The van der Waals surface area contributed by atoms with Crippen LogP contribution in [0.15, 0.2) is 41.1 Å². The molecule has 114 valence electrons. The van der Waals surface area contributed by atoms with E-state index in [0.717, 1.165) is 5.56 Å². The monoisotopic (exact) mass is 298 g/mol. The van der Waals surface area contributed by atoms with E-state index in [0.29, 0.717) is 36.4 Å². The highest BCUT2D eigenvalue weighted by molar-refractivity contribution is 5.43. The Labute approximate surface area is 128 Å². The summed E-state index contributed by atoms with van der Waals surface area (Å²) in [5.41, 5.74) is 1.75. The van der Waals surface area contributed by atoms with E-state index < -0.39 is 0 Å². The molecule has 3 rings (SSSR count). The molecule has 22 heavy (non-hydrogen) atoms. The fourth-order valence-electron chi connectivity index (χ4n) is 2.06. The van der Waals surface area contributed by atoms with Crippen LogP contribution in [0, 0.1) is 0 Å². The Hall–Kier alpha value is -2.54. The Morgan fingerprint density at radius 3 is 2.86 bits per heavy atom. The molecule has 0 spiro atoms. The summed E-state index contributed by atoms with van der Waals surface area (Å²) in [5, 5.41) is 15.3. The smallest absolute Gasteiger partial charge is 0.280 e. The molecule has 2 aromatic heterocycles. The average Bonchev–Trinajstić information content (AvgIpc) is 3.17. The van der Waals surface area contributed by atoms with Crippen molar-refractivity contribution in [2.24, 2.45) is 0 Å². The van der Waals surface area contributed by atoms with Crippen molar-refractivity contribution in [3.8, 4) is 11.6 Å². The van der Waals surface area contributed by atoms with Gasteiger partial charge in [0.05, 0.1) is 12.7 Å². The van der Waals surface area contributed by atoms with Crippen LogP contribution >= 0.6 is 0 Å². The van der Waals surface area contributed by atoms with E-state index in [2.05, 4.69) is 32.7 Å². The lowest BCUT2D eigenvalue weighted by Gasteiger charge is -2.04. The molecule has 0 saturated heterocycles. The highest BCUT2D eigenvalue weighted by Gasteiger charge is 2.14. The van der Waals surface area contributed by atoms with Crippen LogP contribution in [0.2, 0.25) is 0 Å². The molecular weight excluding hydrogens is 280 g/mol. The largest absolute Gasteiger partial charge is 0.332 e. The van der Waals surface area contributed by atoms with E-state index >= 15 is 0 Å². The van der Waals surface area contributed by atoms with Crippen molar-refractivity contribution in [3.05, 3.63) is 47.9 Å². The van der Waals surface area contributed by atoms with Gasteiger partial charge in [0.25, 0.3) is 5.89 Å². The fraction of sp³-hybridized carbons (Fsp3) is 0.333. The summed E-state index contributed by atoms with van der Waals surface area (Å²) in [5.74, 6) is 1.06. The fourth-order valence-corrected chi connectivity index (χ4v) is 2.06. The summed E-state index contributed by atoms with van der Waals surface area (Å²) in [6, 6.07) is 10.4. The van der Waals surface area contributed by atoms with Crippen molar-refractivity contribution < 1.29 is 4.52 Å². The molecule has 7 nitrogen and oxygen atoms in total. The van der Waals surface area contributed by atoms with Crippen molar-refractivity contribution in [2.45, 2.75) is 25.9 Å². The highest BCUT2D eigenvalue weighted by Crippen LogP contribution is 2.14. The summed E-state index contributed by atoms with van der Waals surface area (Å²) in [7, 11) is 1.90. The number of aromatic nitrogens is 5. The second kappa shape index (κ2) is 6.48. The summed E-state index contributed by atoms with van der Waals surface area (Å²) in [4.78, 5) is 4.36. The first-order chi connectivity index (χ1) is 10.7. The minimum atomic E-state index is 0.291. The van der Waals surface area contributed by atoms with Gasteiger partial charge < -0.3 is 9.84 Å². The number of hydrogen-bond donors (Lipinski definition) is 1. The van der Waals surface area contributed by atoms with Crippen LogP contribution in [0.3, 0.4) is 0 Å². The second-order valence-electron chi connectivity index (χ2n) is 5.20. The molecule has 0 fully saturated rings. The molecule has 0 aliphatic carbocycles. The molecule has 0 saturated carbocycles. The van der Waals surface area contributed by atoms with Gasteiger partial charge in [0, 0.05) is 12.5 Å². The molecule has 7 heteroatoms. The van der Waals surface area contributed by atoms with Crippen LogP contribution in [0.4, 0.5) is 0 Å². The maximum absolute atomic E-state index is 5.25. The SMILES string of the molecule is CNC(C)Cc1noc(-c2cn(Cc3ccccc3)nn2)n1. The first-order valence-electron chi connectivity index (χ1n) is 7.19. The number of nitrogens with zero attached hydrogens (tertiary/aromatic N) is 5. The topological polar surface area (TPSA) is 81.7 Å². The minimum Gasteiger partial charge on any atom is -0.332 e. The van der Waals surface area contributed by atoms with Gasteiger partial charge in [0.2, 0.25) is 0 Å². The summed E-state index contributed by atoms with van der Waals surface area (Å²) >= 11 is 0. The van der Waals surface area contributed by atoms with Gasteiger partial charge in [-0.2, -0.15) is 4.98 Å². The van der Waals surface area contributed by atoms with E-state index in [-0.39, 0.29) is 0 Å². The molecule has 1 N–H and O–H groups in total. The van der Waals surface area contributed by atoms with Crippen LogP contribution in [0.1, 0.15) is 18.3 Å². The zero-order valence-electron chi connectivity index (χ0n) is 12.6. The van der Waals surface area contributed by atoms with Crippen LogP contribution in [0.25, 0.3) is 11.6 Å². The molecular formula is C15H18N6O. The van der Waals surface area contributed by atoms with Crippen LogP contribution in [0.5, 0.6) is 0 Å². The predicted molar refractivity (Wildman–Crippen MR) is 81.1 cm³/mol. The van der Waals surface area contributed by atoms with Crippen molar-refractivity contribution in [2.75, 3.05) is 7.05 Å². The van der Waals surface area contributed by atoms with Crippen molar-refractivity contribution in [1.29, 1.82) is 0 Å². The second-order valence-corrected chi connectivity index (χ2v) is 5.20. The summed E-state index contributed by atoms with van der Waals surface area (Å²) in [6.07, 6.45) is 2.52. The molecule has 0 radical (unpaired) electrons. The summed E-state index contributed by atoms with van der Waals surface area (Å²) < 4.78 is 7.01. The quantitative estimate of drug-likeness (QED) is 0.743. The van der Waals surface area contributed by atoms with Crippen LogP contribution in [-0.4, -0.2) is 38.2 Å². The number of nitrogens with one attached hydrogen (secondary N) is 1. The van der Waals surface area contributed by atoms with Gasteiger partial charge in [-0.05, 0) is 19.5 Å². The molecule has 0 aliphatic rings. The average molecular weight is 298 g/mol. The zero-order chi connectivity index (χ0) is 15.4. The maximum atomic E-state index is 5.25. The van der Waals surface area contributed by atoms with Gasteiger partial charge in [-0.3, -0.25) is 0 Å². The predicted octanol–water partition coefficient (Wildman–Crippen LogP) is 1.53. The Morgan fingerprint density at radius 1 is 1.27 bits per heavy atom. The van der Waals surface area contributed by atoms with Crippen molar-refractivity contribution >= 4 is 0 Å². The first-order valence-corrected chi connectivity index (χ1v) is 7.19. The standard InChI is InChI=1S/C15H18N6O/c1-11(16-2)8-14-17-15(22-19-14)13-10-21(20-18-13)9-12-6-4-3-5-7-12/h3-7,10-11,16H,8-9H2,1-2H3. The molecule has 1 unspecified atom stereocenters. The first kappa shape index (κ1) is 14.4. The maximum Gasteiger partial charge on any atom is 0.280 e. The van der Waals surface area contributed by atoms with E-state index in [1.807, 2.05) is 43.6 Å². The Kier molecular flexibility index (Phi) is 4.24. The lowest BCUT2D eigenvalue weighted by molar-refractivity contribution is 0.417. The van der Waals surface area contributed by atoms with Crippen LogP contribution in [-0.2, 0) is 13.0 Å². The Bertz CT molecular complexity index is 720. The lowest BCUT2D eigenvalue weighted by atomic mass is 10.2. The van der Waals surface area contributed by atoms with Gasteiger partial charge in [-0.1, -0.05) is 40.7 Å². The van der Waals surface area contributed by atoms with E-state index in [1.54, 1.807) is 4.68 Å². The molecule has 3 aromatic rings. The third kappa shape index (κ3) is 3.37. The van der Waals surface area contributed by atoms with Crippen molar-refractivity contribution in [1.82, 2.24) is 30.5 Å². The zero-order valence-corrected chi connectivity index (χ0v) is 12.6. The molecule has 1 aromatic carbocycles. The molecule has 0 aliphatic heterocycles. The minimum absolute atomic E-state index is 0.291. The van der Waals surface area contributed by atoms with Gasteiger partial charge in [0.15, 0.2) is 11.5 Å². The Balaban J connectivity index is 1.71. The molecule has 2 heterocycles. The molecule has 0 amide bonds. The Morgan fingerprint density at radius 2 is 2.09 bits per heavy atom. The van der Waals surface area contributed by atoms with E-state index in [1.165, 1.54) is 0 Å². The number of hydrogen-bond acceptors (Lipinski definition) is 6. The summed E-state index contributed by atoms with van der Waals surface area (Å²) in [6.45, 7) is 2.72.